The molecule has 4 heterocycles. The molecule has 7 heteroatoms. The van der Waals surface area contributed by atoms with E-state index in [-0.39, 0.29) is 11.8 Å². The topological polar surface area (TPSA) is 72.1 Å². The molecule has 1 atom stereocenters. The summed E-state index contributed by atoms with van der Waals surface area (Å²) in [5.74, 6) is 1.29. The second kappa shape index (κ2) is 6.76. The highest BCUT2D eigenvalue weighted by atomic mass is 32.1. The predicted octanol–water partition coefficient (Wildman–Crippen LogP) is 2.94. The summed E-state index contributed by atoms with van der Waals surface area (Å²) in [5, 5.41) is 4.08. The van der Waals surface area contributed by atoms with Gasteiger partial charge >= 0.3 is 0 Å². The third-order valence-electron chi connectivity index (χ3n) is 4.25. The fourth-order valence-corrected chi connectivity index (χ4v) is 3.91. The van der Waals surface area contributed by atoms with Gasteiger partial charge in [-0.1, -0.05) is 11.2 Å². The van der Waals surface area contributed by atoms with Gasteiger partial charge in [0.2, 0.25) is 11.8 Å². The molecule has 1 aliphatic heterocycles. The molecule has 0 N–H and O–H groups in total. The Bertz CT molecular complexity index is 874. The van der Waals surface area contributed by atoms with Crippen molar-refractivity contribution < 1.29 is 9.32 Å². The zero-order valence-electron chi connectivity index (χ0n) is 13.9. The Morgan fingerprint density at radius 1 is 1.32 bits per heavy atom. The molecular weight excluding hydrogens is 336 g/mol. The minimum absolute atomic E-state index is 0.0393. The van der Waals surface area contributed by atoms with Crippen LogP contribution in [0.2, 0.25) is 0 Å². The van der Waals surface area contributed by atoms with Gasteiger partial charge in [-0.3, -0.25) is 9.78 Å². The molecule has 6 nitrogen and oxygen atoms in total. The van der Waals surface area contributed by atoms with E-state index in [1.807, 2.05) is 18.2 Å². The minimum Gasteiger partial charge on any atom is -0.339 e. The van der Waals surface area contributed by atoms with Gasteiger partial charge in [-0.25, -0.2) is 0 Å². The van der Waals surface area contributed by atoms with Crippen LogP contribution >= 0.6 is 11.3 Å². The quantitative estimate of drug-likeness (QED) is 0.704. The van der Waals surface area contributed by atoms with E-state index in [1.54, 1.807) is 22.4 Å². The van der Waals surface area contributed by atoms with E-state index in [1.165, 1.54) is 9.75 Å². The number of aromatic nitrogens is 3. The van der Waals surface area contributed by atoms with Gasteiger partial charge in [0.15, 0.2) is 5.82 Å². The van der Waals surface area contributed by atoms with Crippen LogP contribution < -0.4 is 0 Å². The fourth-order valence-electron chi connectivity index (χ4n) is 3.02. The molecular formula is C18H18N4O2S. The maximum absolute atomic E-state index is 12.3. The first-order valence-electron chi connectivity index (χ1n) is 8.23. The van der Waals surface area contributed by atoms with E-state index < -0.39 is 0 Å². The Kier molecular flexibility index (Phi) is 4.31. The van der Waals surface area contributed by atoms with Crippen LogP contribution in [0.25, 0.3) is 0 Å². The second-order valence-electron chi connectivity index (χ2n) is 6.23. The van der Waals surface area contributed by atoms with Gasteiger partial charge in [-0.15, -0.1) is 11.3 Å². The molecule has 25 heavy (non-hydrogen) atoms. The molecule has 1 fully saturated rings. The largest absolute Gasteiger partial charge is 0.339 e. The van der Waals surface area contributed by atoms with Crippen molar-refractivity contribution in [1.82, 2.24) is 20.0 Å². The lowest BCUT2D eigenvalue weighted by Gasteiger charge is -2.15. The van der Waals surface area contributed by atoms with E-state index >= 15 is 0 Å². The SMILES string of the molecule is Cc1ccc(Cc2noc(C3CC(=O)N(Cc4ccccn4)C3)n2)s1. The number of pyridine rings is 1. The summed E-state index contributed by atoms with van der Waals surface area (Å²) < 4.78 is 5.42. The van der Waals surface area contributed by atoms with Crippen molar-refractivity contribution in [3.63, 3.8) is 0 Å². The number of nitrogens with zero attached hydrogens (tertiary/aromatic N) is 4. The maximum Gasteiger partial charge on any atom is 0.232 e. The van der Waals surface area contributed by atoms with Crippen LogP contribution in [-0.4, -0.2) is 32.5 Å². The molecule has 1 saturated heterocycles. The molecule has 0 bridgehead atoms. The molecule has 1 aliphatic rings. The summed E-state index contributed by atoms with van der Waals surface area (Å²) in [7, 11) is 0. The highest BCUT2D eigenvalue weighted by Crippen LogP contribution is 2.28. The zero-order chi connectivity index (χ0) is 17.2. The summed E-state index contributed by atoms with van der Waals surface area (Å²) in [6.07, 6.45) is 2.82. The van der Waals surface area contributed by atoms with Crippen LogP contribution in [0.3, 0.4) is 0 Å². The lowest BCUT2D eigenvalue weighted by Crippen LogP contribution is -2.24. The van der Waals surface area contributed by atoms with Crippen LogP contribution in [0.5, 0.6) is 0 Å². The predicted molar refractivity (Wildman–Crippen MR) is 93.2 cm³/mol. The molecule has 0 aromatic carbocycles. The standard InChI is InChI=1S/C18H18N4O2S/c1-12-5-6-15(25-12)9-16-20-18(24-21-16)13-8-17(23)22(10-13)11-14-4-2-3-7-19-14/h2-7,13H,8-11H2,1H3. The highest BCUT2D eigenvalue weighted by molar-refractivity contribution is 7.11. The summed E-state index contributed by atoms with van der Waals surface area (Å²) in [6.45, 7) is 3.19. The summed E-state index contributed by atoms with van der Waals surface area (Å²) in [4.78, 5) is 25.3. The number of amides is 1. The molecule has 1 unspecified atom stereocenters. The van der Waals surface area contributed by atoms with Crippen molar-refractivity contribution in [2.45, 2.75) is 32.2 Å². The maximum atomic E-state index is 12.3. The Balaban J connectivity index is 1.42. The van der Waals surface area contributed by atoms with Crippen LogP contribution in [0, 0.1) is 6.92 Å². The van der Waals surface area contributed by atoms with Crippen molar-refractivity contribution in [2.75, 3.05) is 6.54 Å². The average Bonchev–Trinajstić information content (AvgIpc) is 3.31. The van der Waals surface area contributed by atoms with Crippen LogP contribution in [0.15, 0.2) is 41.1 Å². The summed E-state index contributed by atoms with van der Waals surface area (Å²) >= 11 is 1.74. The number of hydrogen-bond donors (Lipinski definition) is 0. The van der Waals surface area contributed by atoms with Crippen molar-refractivity contribution in [2.24, 2.45) is 0 Å². The molecule has 3 aromatic heterocycles. The lowest BCUT2D eigenvalue weighted by atomic mass is 10.1. The number of rotatable bonds is 5. The molecule has 4 rings (SSSR count). The molecule has 128 valence electrons. The van der Waals surface area contributed by atoms with Crippen molar-refractivity contribution in [3.05, 3.63) is 63.7 Å². The van der Waals surface area contributed by atoms with E-state index in [0.717, 1.165) is 5.69 Å². The van der Waals surface area contributed by atoms with Gasteiger partial charge < -0.3 is 9.42 Å². The van der Waals surface area contributed by atoms with E-state index in [2.05, 4.69) is 34.2 Å². The third-order valence-corrected chi connectivity index (χ3v) is 5.26. The van der Waals surface area contributed by atoms with Crippen LogP contribution in [-0.2, 0) is 17.8 Å². The van der Waals surface area contributed by atoms with Crippen molar-refractivity contribution >= 4 is 17.2 Å². The average molecular weight is 354 g/mol. The molecule has 1 amide bonds. The van der Waals surface area contributed by atoms with E-state index in [4.69, 9.17) is 4.52 Å². The Hall–Kier alpha value is -2.54. The number of thiophene rings is 1. The molecule has 3 aromatic rings. The van der Waals surface area contributed by atoms with Crippen molar-refractivity contribution in [1.29, 1.82) is 0 Å². The van der Waals surface area contributed by atoms with Gasteiger partial charge in [-0.2, -0.15) is 4.98 Å². The fraction of sp³-hybridized carbons (Fsp3) is 0.333. The smallest absolute Gasteiger partial charge is 0.232 e. The molecule has 0 saturated carbocycles. The molecule has 0 spiro atoms. The Morgan fingerprint density at radius 2 is 2.24 bits per heavy atom. The van der Waals surface area contributed by atoms with Gasteiger partial charge in [0.05, 0.1) is 18.2 Å². The monoisotopic (exact) mass is 354 g/mol. The molecule has 0 radical (unpaired) electrons. The number of hydrogen-bond acceptors (Lipinski definition) is 6. The highest BCUT2D eigenvalue weighted by Gasteiger charge is 2.34. The summed E-state index contributed by atoms with van der Waals surface area (Å²) in [5.41, 5.74) is 0.885. The normalized spacial score (nSPS) is 17.4. The number of carbonyl (C=O) groups excluding carboxylic acids is 1. The Labute approximate surface area is 149 Å². The molecule has 0 aliphatic carbocycles. The van der Waals surface area contributed by atoms with Gasteiger partial charge in [0.1, 0.15) is 0 Å². The zero-order valence-corrected chi connectivity index (χ0v) is 14.7. The lowest BCUT2D eigenvalue weighted by molar-refractivity contribution is -0.128. The van der Waals surface area contributed by atoms with Crippen molar-refractivity contribution in [3.8, 4) is 0 Å². The first kappa shape index (κ1) is 16.0. The van der Waals surface area contributed by atoms with Gasteiger partial charge in [0, 0.05) is 35.3 Å². The van der Waals surface area contributed by atoms with Gasteiger partial charge in [-0.05, 0) is 31.2 Å². The van der Waals surface area contributed by atoms with E-state index in [0.29, 0.717) is 37.6 Å². The second-order valence-corrected chi connectivity index (χ2v) is 7.61. The minimum atomic E-state index is -0.0393. The summed E-state index contributed by atoms with van der Waals surface area (Å²) in [6, 6.07) is 9.90. The Morgan fingerprint density at radius 3 is 3.00 bits per heavy atom. The first-order valence-corrected chi connectivity index (χ1v) is 9.04. The first-order chi connectivity index (χ1) is 12.2. The van der Waals surface area contributed by atoms with Gasteiger partial charge in [0.25, 0.3) is 0 Å². The van der Waals surface area contributed by atoms with E-state index in [9.17, 15) is 4.79 Å². The number of likely N-dealkylation sites (tertiary alicyclic amines) is 1. The van der Waals surface area contributed by atoms with Crippen LogP contribution in [0.4, 0.5) is 0 Å². The number of aryl methyl sites for hydroxylation is 1. The number of carbonyl (C=O) groups is 1. The third kappa shape index (κ3) is 3.61. The van der Waals surface area contributed by atoms with Crippen LogP contribution in [0.1, 0.15) is 39.5 Å².